The first-order valence-electron chi connectivity index (χ1n) is 10.2. The molecule has 35 heavy (non-hydrogen) atoms. The standard InChI is InChI=1S/C22H19ClF3N7O2/c1-35-9-8-17-32-18-19(27)28-11-29-20(18)33(17)14-5-2-12(3-6-14)30-21(34)31-13-4-7-16(23)15(10-13)22(24,25)26/h2-7,10-11H,8-9H2,1H3,(H2,27,28,29)(H2,30,31,34). The van der Waals surface area contributed by atoms with Crippen LogP contribution in [0.1, 0.15) is 11.4 Å². The number of nitrogens with one attached hydrogen (secondary N) is 2. The number of imidazole rings is 1. The van der Waals surface area contributed by atoms with Gasteiger partial charge in [0, 0.05) is 30.6 Å². The number of anilines is 3. The molecule has 0 aliphatic heterocycles. The van der Waals surface area contributed by atoms with Crippen LogP contribution in [-0.2, 0) is 17.3 Å². The Morgan fingerprint density at radius 1 is 1.11 bits per heavy atom. The highest BCUT2D eigenvalue weighted by atomic mass is 35.5. The fourth-order valence-corrected chi connectivity index (χ4v) is 3.62. The maximum atomic E-state index is 13.0. The van der Waals surface area contributed by atoms with E-state index in [2.05, 4.69) is 25.6 Å². The van der Waals surface area contributed by atoms with E-state index in [-0.39, 0.29) is 11.5 Å². The summed E-state index contributed by atoms with van der Waals surface area (Å²) in [5.41, 5.74) is 6.94. The largest absolute Gasteiger partial charge is 0.417 e. The van der Waals surface area contributed by atoms with Crippen molar-refractivity contribution in [2.24, 2.45) is 0 Å². The predicted molar refractivity (Wildman–Crippen MR) is 126 cm³/mol. The SMILES string of the molecule is COCCc1nc2c(N)ncnc2n1-c1ccc(NC(=O)Nc2ccc(Cl)c(C(F)(F)F)c2)cc1. The first-order valence-corrected chi connectivity index (χ1v) is 10.6. The molecule has 0 fully saturated rings. The Bertz CT molecular complexity index is 1370. The molecule has 0 aliphatic carbocycles. The summed E-state index contributed by atoms with van der Waals surface area (Å²) in [5, 5.41) is 4.49. The summed E-state index contributed by atoms with van der Waals surface area (Å²) in [6.07, 6.45) is -2.80. The van der Waals surface area contributed by atoms with Crippen LogP contribution in [0.4, 0.5) is 35.2 Å². The molecule has 2 aromatic heterocycles. The molecule has 0 aliphatic rings. The lowest BCUT2D eigenvalue weighted by Gasteiger charge is -2.13. The summed E-state index contributed by atoms with van der Waals surface area (Å²) in [4.78, 5) is 25.1. The number of alkyl halides is 3. The number of methoxy groups -OCH3 is 1. The minimum absolute atomic E-state index is 0.0548. The molecule has 182 valence electrons. The molecule has 2 heterocycles. The minimum Gasteiger partial charge on any atom is -0.384 e. The third kappa shape index (κ3) is 5.28. The van der Waals surface area contributed by atoms with Gasteiger partial charge >= 0.3 is 12.2 Å². The molecule has 0 bridgehead atoms. The number of fused-ring (bicyclic) bond motifs is 1. The second-order valence-electron chi connectivity index (χ2n) is 7.36. The van der Waals surface area contributed by atoms with E-state index < -0.39 is 22.8 Å². The maximum Gasteiger partial charge on any atom is 0.417 e. The van der Waals surface area contributed by atoms with Crippen molar-refractivity contribution in [1.82, 2.24) is 19.5 Å². The number of amides is 2. The Kier molecular flexibility index (Phi) is 6.76. The molecular formula is C22H19ClF3N7O2. The number of carbonyl (C=O) groups excluding carboxylic acids is 1. The van der Waals surface area contributed by atoms with E-state index in [1.54, 1.807) is 31.4 Å². The van der Waals surface area contributed by atoms with Gasteiger partial charge in [0.15, 0.2) is 17.0 Å². The third-order valence-electron chi connectivity index (χ3n) is 4.98. The number of nitrogens with two attached hydrogens (primary N) is 1. The smallest absolute Gasteiger partial charge is 0.384 e. The van der Waals surface area contributed by atoms with Crippen molar-refractivity contribution in [3.05, 3.63) is 65.2 Å². The fourth-order valence-electron chi connectivity index (χ4n) is 3.39. The number of nitrogens with zero attached hydrogens (tertiary/aromatic N) is 4. The highest BCUT2D eigenvalue weighted by Crippen LogP contribution is 2.36. The van der Waals surface area contributed by atoms with Crippen molar-refractivity contribution >= 4 is 46.0 Å². The van der Waals surface area contributed by atoms with Crippen LogP contribution in [0, 0.1) is 0 Å². The van der Waals surface area contributed by atoms with Gasteiger partial charge in [0.25, 0.3) is 0 Å². The van der Waals surface area contributed by atoms with Crippen molar-refractivity contribution in [3.63, 3.8) is 0 Å². The van der Waals surface area contributed by atoms with E-state index in [4.69, 9.17) is 22.1 Å². The van der Waals surface area contributed by atoms with Crippen LogP contribution in [-0.4, -0.2) is 39.3 Å². The van der Waals surface area contributed by atoms with Crippen molar-refractivity contribution in [3.8, 4) is 5.69 Å². The Morgan fingerprint density at radius 3 is 2.49 bits per heavy atom. The zero-order chi connectivity index (χ0) is 25.2. The van der Waals surface area contributed by atoms with E-state index in [0.717, 1.165) is 12.1 Å². The molecule has 9 nitrogen and oxygen atoms in total. The maximum absolute atomic E-state index is 13.0. The lowest BCUT2D eigenvalue weighted by atomic mass is 10.2. The number of ether oxygens (including phenoxy) is 1. The molecule has 0 radical (unpaired) electrons. The molecule has 4 aromatic rings. The second kappa shape index (κ2) is 9.76. The number of carbonyl (C=O) groups is 1. The third-order valence-corrected chi connectivity index (χ3v) is 5.31. The highest BCUT2D eigenvalue weighted by molar-refractivity contribution is 6.31. The predicted octanol–water partition coefficient (Wildman–Crippen LogP) is 4.90. The van der Waals surface area contributed by atoms with Gasteiger partial charge in [0.1, 0.15) is 12.2 Å². The van der Waals surface area contributed by atoms with Crippen molar-refractivity contribution < 1.29 is 22.7 Å². The number of rotatable bonds is 6. The Balaban J connectivity index is 1.54. The van der Waals surface area contributed by atoms with E-state index in [1.165, 1.54) is 12.4 Å². The summed E-state index contributed by atoms with van der Waals surface area (Å²) in [5.74, 6) is 0.911. The number of hydrogen-bond acceptors (Lipinski definition) is 6. The van der Waals surface area contributed by atoms with Gasteiger partial charge in [-0.15, -0.1) is 0 Å². The average Bonchev–Trinajstić information content (AvgIpc) is 3.18. The number of halogens is 4. The molecule has 0 atom stereocenters. The molecule has 13 heteroatoms. The van der Waals surface area contributed by atoms with E-state index in [0.29, 0.717) is 41.4 Å². The monoisotopic (exact) mass is 505 g/mol. The summed E-state index contributed by atoms with van der Waals surface area (Å²) in [6.45, 7) is 0.428. The molecule has 2 amide bonds. The lowest BCUT2D eigenvalue weighted by Crippen LogP contribution is -2.20. The van der Waals surface area contributed by atoms with Crippen molar-refractivity contribution in [2.45, 2.75) is 12.6 Å². The summed E-state index contributed by atoms with van der Waals surface area (Å²) < 4.78 is 46.1. The van der Waals surface area contributed by atoms with Crippen LogP contribution in [0.5, 0.6) is 0 Å². The average molecular weight is 506 g/mol. The van der Waals surface area contributed by atoms with Crippen LogP contribution in [0.3, 0.4) is 0 Å². The van der Waals surface area contributed by atoms with Gasteiger partial charge in [-0.3, -0.25) is 4.57 Å². The van der Waals surface area contributed by atoms with Crippen LogP contribution in [0.25, 0.3) is 16.9 Å². The van der Waals surface area contributed by atoms with Gasteiger partial charge in [-0.05, 0) is 42.5 Å². The van der Waals surface area contributed by atoms with Gasteiger partial charge in [-0.2, -0.15) is 13.2 Å². The van der Waals surface area contributed by atoms with E-state index in [9.17, 15) is 18.0 Å². The van der Waals surface area contributed by atoms with Gasteiger partial charge < -0.3 is 21.1 Å². The molecule has 0 saturated carbocycles. The molecule has 0 unspecified atom stereocenters. The summed E-state index contributed by atoms with van der Waals surface area (Å²) >= 11 is 5.61. The number of urea groups is 1. The highest BCUT2D eigenvalue weighted by Gasteiger charge is 2.33. The quantitative estimate of drug-likeness (QED) is 0.343. The second-order valence-corrected chi connectivity index (χ2v) is 7.76. The molecule has 0 saturated heterocycles. The number of aromatic nitrogens is 4. The van der Waals surface area contributed by atoms with Gasteiger partial charge in [-0.1, -0.05) is 11.6 Å². The first-order chi connectivity index (χ1) is 16.7. The molecule has 4 N–H and O–H groups in total. The van der Waals surface area contributed by atoms with E-state index >= 15 is 0 Å². The molecular weight excluding hydrogens is 487 g/mol. The molecule has 0 spiro atoms. The molecule has 4 rings (SSSR count). The lowest BCUT2D eigenvalue weighted by molar-refractivity contribution is -0.137. The molecule has 2 aromatic carbocycles. The Hall–Kier alpha value is -3.90. The van der Waals surface area contributed by atoms with Crippen LogP contribution < -0.4 is 16.4 Å². The van der Waals surface area contributed by atoms with Crippen molar-refractivity contribution in [2.75, 3.05) is 30.1 Å². The summed E-state index contributed by atoms with van der Waals surface area (Å²) in [6, 6.07) is 9.13. The van der Waals surface area contributed by atoms with Crippen molar-refractivity contribution in [1.29, 1.82) is 0 Å². The van der Waals surface area contributed by atoms with Gasteiger partial charge in [0.2, 0.25) is 0 Å². The Morgan fingerprint density at radius 2 is 1.80 bits per heavy atom. The fraction of sp³-hybridized carbons (Fsp3) is 0.182. The first kappa shape index (κ1) is 24.2. The summed E-state index contributed by atoms with van der Waals surface area (Å²) in [7, 11) is 1.58. The zero-order valence-corrected chi connectivity index (χ0v) is 19.0. The number of benzene rings is 2. The normalized spacial score (nSPS) is 11.6. The van der Waals surface area contributed by atoms with Crippen LogP contribution >= 0.6 is 11.6 Å². The van der Waals surface area contributed by atoms with Crippen LogP contribution in [0.15, 0.2) is 48.8 Å². The topological polar surface area (TPSA) is 120 Å². The minimum atomic E-state index is -4.64. The number of nitrogen functional groups attached to an aromatic ring is 1. The van der Waals surface area contributed by atoms with Gasteiger partial charge in [-0.25, -0.2) is 19.7 Å². The van der Waals surface area contributed by atoms with Crippen LogP contribution in [0.2, 0.25) is 5.02 Å². The van der Waals surface area contributed by atoms with E-state index in [1.807, 2.05) is 4.57 Å². The van der Waals surface area contributed by atoms with Gasteiger partial charge in [0.05, 0.1) is 17.2 Å². The zero-order valence-electron chi connectivity index (χ0n) is 18.2. The Labute approximate surface area is 202 Å². The number of hydrogen-bond donors (Lipinski definition) is 3.